The molecule has 0 heterocycles. The molecule has 0 aliphatic carbocycles. The quantitative estimate of drug-likeness (QED) is 0.0854. The molecule has 2 aromatic rings. The first-order valence-electron chi connectivity index (χ1n) is 13.3. The van der Waals surface area contributed by atoms with E-state index < -0.39 is 5.41 Å². The molecular weight excluding hydrogens is 534 g/mol. The summed E-state index contributed by atoms with van der Waals surface area (Å²) in [4.78, 5) is 32.4. The molecule has 0 saturated heterocycles. The highest BCUT2D eigenvalue weighted by Gasteiger charge is 2.29. The lowest BCUT2D eigenvalue weighted by Crippen LogP contribution is -2.40. The number of amidine groups is 1. The fourth-order valence-electron chi connectivity index (χ4n) is 3.91. The number of carbonyl (C=O) groups excluding carboxylic acids is 2. The number of likely N-dealkylation sites (N-methyl/N-ethyl adjacent to an activating group) is 1. The Hall–Kier alpha value is -4.35. The summed E-state index contributed by atoms with van der Waals surface area (Å²) in [5.41, 5.74) is 12.1. The van der Waals surface area contributed by atoms with Crippen LogP contribution in [0.2, 0.25) is 0 Å². The second-order valence-corrected chi connectivity index (χ2v) is 12.0. The van der Waals surface area contributed by atoms with Gasteiger partial charge in [-0.2, -0.15) is 0 Å². The number of Topliss-reactive ketones (excluding diaryl/α,β-unsaturated/α-hetero) is 1. The number of aryl methyl sites for hydroxylation is 1. The predicted molar refractivity (Wildman–Crippen MR) is 169 cm³/mol. The van der Waals surface area contributed by atoms with Crippen LogP contribution in [-0.4, -0.2) is 43.7 Å². The van der Waals surface area contributed by atoms with E-state index in [4.69, 9.17) is 26.6 Å². The molecule has 0 spiro atoms. The highest BCUT2D eigenvalue weighted by molar-refractivity contribution is 6.39. The van der Waals surface area contributed by atoms with E-state index in [1.807, 2.05) is 19.1 Å². The van der Waals surface area contributed by atoms with Crippen molar-refractivity contribution in [1.29, 1.82) is 5.41 Å². The molecule has 0 atom stereocenters. The molecule has 0 unspecified atom stereocenters. The van der Waals surface area contributed by atoms with Gasteiger partial charge in [0.2, 0.25) is 5.78 Å². The van der Waals surface area contributed by atoms with Crippen molar-refractivity contribution < 1.29 is 19.2 Å². The zero-order valence-corrected chi connectivity index (χ0v) is 26.4. The summed E-state index contributed by atoms with van der Waals surface area (Å²) in [6, 6.07) is 8.88. The molecule has 0 aliphatic rings. The largest absolute Gasteiger partial charge is 0.492 e. The van der Waals surface area contributed by atoms with Crippen molar-refractivity contribution in [1.82, 2.24) is 4.90 Å². The van der Waals surface area contributed by atoms with Gasteiger partial charge in [0, 0.05) is 24.2 Å². The van der Waals surface area contributed by atoms with E-state index in [2.05, 4.69) is 38.1 Å². The lowest BCUT2D eigenvalue weighted by Gasteiger charge is -2.27. The minimum atomic E-state index is -0.734. The molecule has 0 radical (unpaired) electrons. The van der Waals surface area contributed by atoms with Crippen molar-refractivity contribution >= 4 is 34.6 Å². The van der Waals surface area contributed by atoms with Crippen LogP contribution in [0.1, 0.15) is 63.0 Å². The number of ketones is 1. The van der Waals surface area contributed by atoms with E-state index in [-0.39, 0.29) is 34.3 Å². The Labute approximate surface area is 249 Å². The van der Waals surface area contributed by atoms with Crippen LogP contribution in [0, 0.1) is 17.7 Å². The van der Waals surface area contributed by atoms with Crippen molar-refractivity contribution in [2.45, 2.75) is 53.9 Å². The van der Waals surface area contributed by atoms with Gasteiger partial charge >= 0.3 is 0 Å². The van der Waals surface area contributed by atoms with Crippen molar-refractivity contribution in [3.05, 3.63) is 71.2 Å². The first-order chi connectivity index (χ1) is 19.3. The number of benzene rings is 2. The maximum Gasteiger partial charge on any atom is 0.255 e. The standard InChI is InChI=1S/C31H45N7O4/c1-18-12-13-20(29(40)35-23-15-21(30(3,4)5)16-24(36-42-11)26(23)41-10)14-25(18)38(34)17-22(32)19(2)37(9)28(33)27(39)31(6,7)8/h12-17,33,36H,2,32,34H2,1,3-11H3,(H,35,40)/b22-17-,33-28?. The number of hydrazine groups is 1. The van der Waals surface area contributed by atoms with Crippen LogP contribution < -0.4 is 32.1 Å². The molecule has 2 rings (SSSR count). The number of nitrogens with zero attached hydrogens (tertiary/aromatic N) is 2. The zero-order valence-electron chi connectivity index (χ0n) is 26.4. The number of anilines is 3. The summed E-state index contributed by atoms with van der Waals surface area (Å²) in [7, 11) is 4.56. The number of hydrogen-bond acceptors (Lipinski definition) is 9. The van der Waals surface area contributed by atoms with Crippen LogP contribution in [0.3, 0.4) is 0 Å². The van der Waals surface area contributed by atoms with Crippen LogP contribution in [0.4, 0.5) is 17.1 Å². The lowest BCUT2D eigenvalue weighted by molar-refractivity contribution is -0.120. The minimum absolute atomic E-state index is 0.141. The third kappa shape index (κ3) is 7.89. The number of nitrogens with two attached hydrogens (primary N) is 2. The third-order valence-corrected chi connectivity index (χ3v) is 6.62. The summed E-state index contributed by atoms with van der Waals surface area (Å²) >= 11 is 0. The number of rotatable bonds is 10. The Bertz CT molecular complexity index is 1400. The molecular formula is C31H45N7O4. The van der Waals surface area contributed by atoms with Gasteiger partial charge in [0.25, 0.3) is 5.91 Å². The SMILES string of the molecule is C=C(/C(N)=C/N(N)c1cc(C(=O)Nc2cc(C(C)(C)C)cc(NOC)c2OC)ccc1C)N(C)C(=N)C(=O)C(C)(C)C. The van der Waals surface area contributed by atoms with E-state index >= 15 is 0 Å². The Morgan fingerprint density at radius 1 is 1.05 bits per heavy atom. The maximum absolute atomic E-state index is 13.4. The van der Waals surface area contributed by atoms with Gasteiger partial charge in [-0.05, 0) is 47.7 Å². The van der Waals surface area contributed by atoms with Gasteiger partial charge in [-0.3, -0.25) is 30.3 Å². The smallest absolute Gasteiger partial charge is 0.255 e. The Morgan fingerprint density at radius 2 is 1.64 bits per heavy atom. The minimum Gasteiger partial charge on any atom is -0.492 e. The van der Waals surface area contributed by atoms with Gasteiger partial charge < -0.3 is 20.7 Å². The third-order valence-electron chi connectivity index (χ3n) is 6.62. The van der Waals surface area contributed by atoms with Gasteiger partial charge in [0.15, 0.2) is 11.6 Å². The summed E-state index contributed by atoms with van der Waals surface area (Å²) in [5.74, 6) is 5.79. The first kappa shape index (κ1) is 33.9. The molecule has 42 heavy (non-hydrogen) atoms. The highest BCUT2D eigenvalue weighted by atomic mass is 16.6. The second-order valence-electron chi connectivity index (χ2n) is 12.0. The molecule has 0 bridgehead atoms. The number of carbonyl (C=O) groups is 2. The van der Waals surface area contributed by atoms with Gasteiger partial charge in [-0.1, -0.05) is 54.2 Å². The van der Waals surface area contributed by atoms with Crippen LogP contribution in [0.5, 0.6) is 5.75 Å². The van der Waals surface area contributed by atoms with Gasteiger partial charge in [0.1, 0.15) is 5.69 Å². The summed E-state index contributed by atoms with van der Waals surface area (Å²) in [6.45, 7) is 17.2. The number of methoxy groups -OCH3 is 1. The molecule has 0 fully saturated rings. The Kier molecular flexibility index (Phi) is 10.6. The van der Waals surface area contributed by atoms with E-state index in [1.54, 1.807) is 46.0 Å². The van der Waals surface area contributed by atoms with Crippen molar-refractivity contribution in [3.8, 4) is 5.75 Å². The van der Waals surface area contributed by atoms with Crippen molar-refractivity contribution in [3.63, 3.8) is 0 Å². The van der Waals surface area contributed by atoms with Crippen LogP contribution in [0.15, 0.2) is 54.5 Å². The van der Waals surface area contributed by atoms with Gasteiger partial charge in [-0.15, -0.1) is 0 Å². The average Bonchev–Trinajstić information content (AvgIpc) is 2.90. The molecule has 1 amide bonds. The topological polar surface area (TPSA) is 159 Å². The first-order valence-corrected chi connectivity index (χ1v) is 13.3. The molecule has 11 nitrogen and oxygen atoms in total. The normalized spacial score (nSPS) is 11.9. The van der Waals surface area contributed by atoms with E-state index in [9.17, 15) is 9.59 Å². The summed E-state index contributed by atoms with van der Waals surface area (Å²) in [6.07, 6.45) is 1.43. The second kappa shape index (κ2) is 13.1. The predicted octanol–water partition coefficient (Wildman–Crippen LogP) is 5.04. The summed E-state index contributed by atoms with van der Waals surface area (Å²) in [5, 5.41) is 12.5. The van der Waals surface area contributed by atoms with E-state index in [1.165, 1.54) is 30.3 Å². The van der Waals surface area contributed by atoms with Crippen LogP contribution in [-0.2, 0) is 15.0 Å². The Balaban J connectivity index is 2.39. The van der Waals surface area contributed by atoms with Gasteiger partial charge in [-0.25, -0.2) is 5.84 Å². The monoisotopic (exact) mass is 579 g/mol. The van der Waals surface area contributed by atoms with Crippen molar-refractivity contribution in [2.75, 3.05) is 37.1 Å². The average molecular weight is 580 g/mol. The van der Waals surface area contributed by atoms with E-state index in [0.717, 1.165) is 11.1 Å². The van der Waals surface area contributed by atoms with E-state index in [0.29, 0.717) is 28.4 Å². The Morgan fingerprint density at radius 3 is 2.17 bits per heavy atom. The molecule has 0 saturated carbocycles. The molecule has 228 valence electrons. The fourth-order valence-corrected chi connectivity index (χ4v) is 3.91. The van der Waals surface area contributed by atoms with Crippen LogP contribution in [0.25, 0.3) is 0 Å². The number of amides is 1. The zero-order chi connectivity index (χ0) is 32.2. The fraction of sp³-hybridized carbons (Fsp3) is 0.387. The summed E-state index contributed by atoms with van der Waals surface area (Å²) < 4.78 is 5.59. The lowest BCUT2D eigenvalue weighted by atomic mass is 9.86. The number of ether oxygens (including phenoxy) is 1. The van der Waals surface area contributed by atoms with Crippen molar-refractivity contribution in [2.24, 2.45) is 17.0 Å². The number of nitrogens with one attached hydrogen (secondary N) is 3. The molecule has 0 aliphatic heterocycles. The molecule has 7 N–H and O–H groups in total. The molecule has 11 heteroatoms. The van der Waals surface area contributed by atoms with Gasteiger partial charge in [0.05, 0.1) is 37.0 Å². The van der Waals surface area contributed by atoms with Crippen LogP contribution >= 0.6 is 0 Å². The molecule has 2 aromatic carbocycles. The maximum atomic E-state index is 13.4. The molecule has 0 aromatic heterocycles. The number of hydrogen-bond donors (Lipinski definition) is 5. The highest BCUT2D eigenvalue weighted by Crippen LogP contribution is 2.39.